The van der Waals surface area contributed by atoms with Gasteiger partial charge in [0.05, 0.1) is 6.10 Å². The molecule has 1 aromatic heterocycles. The van der Waals surface area contributed by atoms with Gasteiger partial charge < -0.3 is 9.67 Å². The summed E-state index contributed by atoms with van der Waals surface area (Å²) in [5, 5.41) is 10.3. The summed E-state index contributed by atoms with van der Waals surface area (Å²) < 4.78 is 15.3. The molecule has 0 bridgehead atoms. The van der Waals surface area contributed by atoms with Crippen LogP contribution in [0.5, 0.6) is 0 Å². The van der Waals surface area contributed by atoms with Gasteiger partial charge in [-0.2, -0.15) is 0 Å². The van der Waals surface area contributed by atoms with E-state index in [0.717, 1.165) is 38.0 Å². The lowest BCUT2D eigenvalue weighted by Crippen LogP contribution is -2.35. The first-order chi connectivity index (χ1) is 12.5. The van der Waals surface area contributed by atoms with E-state index in [2.05, 4.69) is 42.2 Å². The van der Waals surface area contributed by atoms with Gasteiger partial charge in [-0.15, -0.1) is 6.58 Å². The minimum atomic E-state index is -0.340. The van der Waals surface area contributed by atoms with Gasteiger partial charge in [0, 0.05) is 38.1 Å². The number of benzene rings is 1. The highest BCUT2D eigenvalue weighted by Gasteiger charge is 2.15. The van der Waals surface area contributed by atoms with Crippen LogP contribution in [-0.4, -0.2) is 33.8 Å². The normalized spacial score (nSPS) is 12.7. The maximum Gasteiger partial charge on any atom is 0.123 e. The number of allylic oxidation sites excluding steroid dienone is 1. The van der Waals surface area contributed by atoms with Crippen LogP contribution >= 0.6 is 0 Å². The number of halogens is 1. The third kappa shape index (κ3) is 6.77. The average Bonchev–Trinajstić information content (AvgIpc) is 3.01. The highest BCUT2D eigenvalue weighted by molar-refractivity contribution is 5.18. The summed E-state index contributed by atoms with van der Waals surface area (Å²) in [7, 11) is 0. The predicted octanol–water partition coefficient (Wildman–Crippen LogP) is 4.46. The predicted molar refractivity (Wildman–Crippen MR) is 105 cm³/mol. The Bertz CT molecular complexity index is 663. The number of rotatable bonds is 11. The lowest BCUT2D eigenvalue weighted by Gasteiger charge is -2.27. The second-order valence-corrected chi connectivity index (χ2v) is 7.36. The van der Waals surface area contributed by atoms with E-state index in [9.17, 15) is 9.50 Å². The summed E-state index contributed by atoms with van der Waals surface area (Å²) in [6, 6.07) is 10.8. The van der Waals surface area contributed by atoms with E-state index in [0.29, 0.717) is 12.5 Å². The Morgan fingerprint density at radius 2 is 1.92 bits per heavy atom. The fourth-order valence-electron chi connectivity index (χ4n) is 3.18. The van der Waals surface area contributed by atoms with Crippen molar-refractivity contribution >= 4 is 0 Å². The van der Waals surface area contributed by atoms with E-state index in [1.807, 2.05) is 24.3 Å². The molecule has 0 amide bonds. The third-order valence-corrected chi connectivity index (χ3v) is 4.37. The minimum absolute atomic E-state index is 0.210. The molecule has 2 aromatic rings. The van der Waals surface area contributed by atoms with Crippen molar-refractivity contribution in [3.8, 4) is 0 Å². The SMILES string of the molecule is C=CCCC(O)CN(Cc1cccn1Cc1ccc(F)cc1)CC(C)C. The number of nitrogens with zero attached hydrogens (tertiary/aromatic N) is 2. The van der Waals surface area contributed by atoms with E-state index < -0.39 is 0 Å². The molecule has 4 heteroatoms. The van der Waals surface area contributed by atoms with Crippen LogP contribution in [0.4, 0.5) is 4.39 Å². The minimum Gasteiger partial charge on any atom is -0.392 e. The second kappa shape index (κ2) is 10.3. The van der Waals surface area contributed by atoms with Crippen LogP contribution in [0.2, 0.25) is 0 Å². The third-order valence-electron chi connectivity index (χ3n) is 4.37. The number of hydrogen-bond donors (Lipinski definition) is 1. The molecule has 1 N–H and O–H groups in total. The van der Waals surface area contributed by atoms with Gasteiger partial charge in [0.2, 0.25) is 0 Å². The van der Waals surface area contributed by atoms with Crippen LogP contribution in [0, 0.1) is 11.7 Å². The summed E-state index contributed by atoms with van der Waals surface area (Å²) in [4.78, 5) is 2.31. The number of aliphatic hydroxyl groups is 1. The number of aromatic nitrogens is 1. The molecule has 0 aliphatic heterocycles. The van der Waals surface area contributed by atoms with Gasteiger partial charge in [0.25, 0.3) is 0 Å². The maximum atomic E-state index is 13.1. The topological polar surface area (TPSA) is 28.4 Å². The summed E-state index contributed by atoms with van der Waals surface area (Å²) in [6.07, 6.45) is 5.14. The van der Waals surface area contributed by atoms with E-state index >= 15 is 0 Å². The van der Waals surface area contributed by atoms with E-state index in [4.69, 9.17) is 0 Å². The van der Waals surface area contributed by atoms with Crippen molar-refractivity contribution in [3.05, 3.63) is 72.3 Å². The smallest absolute Gasteiger partial charge is 0.123 e. The molecule has 0 saturated heterocycles. The first kappa shape index (κ1) is 20.4. The van der Waals surface area contributed by atoms with Gasteiger partial charge in [-0.25, -0.2) is 4.39 Å². The average molecular weight is 359 g/mol. The standard InChI is InChI=1S/C22H31FN2O/c1-4-5-8-22(26)17-24(14-18(2)3)16-21-7-6-13-25(21)15-19-9-11-20(23)12-10-19/h4,6-7,9-13,18,22,26H,1,5,8,14-17H2,2-3H3. The quantitative estimate of drug-likeness (QED) is 0.601. The van der Waals surface area contributed by atoms with Gasteiger partial charge in [-0.05, 0) is 48.6 Å². The molecule has 0 fully saturated rings. The first-order valence-electron chi connectivity index (χ1n) is 9.37. The van der Waals surface area contributed by atoms with Crippen LogP contribution in [0.15, 0.2) is 55.3 Å². The van der Waals surface area contributed by atoms with E-state index in [1.165, 1.54) is 17.8 Å². The van der Waals surface area contributed by atoms with Gasteiger partial charge in [-0.1, -0.05) is 32.1 Å². The van der Waals surface area contributed by atoms with E-state index in [1.54, 1.807) is 0 Å². The molecule has 1 heterocycles. The summed E-state index contributed by atoms with van der Waals surface area (Å²) in [6.45, 7) is 11.2. The molecule has 26 heavy (non-hydrogen) atoms. The van der Waals surface area contributed by atoms with Crippen LogP contribution in [0.25, 0.3) is 0 Å². The van der Waals surface area contributed by atoms with Crippen molar-refractivity contribution in [3.63, 3.8) is 0 Å². The molecule has 1 atom stereocenters. The second-order valence-electron chi connectivity index (χ2n) is 7.36. The largest absolute Gasteiger partial charge is 0.392 e. The van der Waals surface area contributed by atoms with Gasteiger partial charge in [0.1, 0.15) is 5.82 Å². The van der Waals surface area contributed by atoms with E-state index in [-0.39, 0.29) is 11.9 Å². The first-order valence-corrected chi connectivity index (χ1v) is 9.37. The maximum absolute atomic E-state index is 13.1. The van der Waals surface area contributed by atoms with Crippen molar-refractivity contribution in [1.29, 1.82) is 0 Å². The van der Waals surface area contributed by atoms with Gasteiger partial charge in [-0.3, -0.25) is 4.90 Å². The Morgan fingerprint density at radius 1 is 1.19 bits per heavy atom. The fraction of sp³-hybridized carbons (Fsp3) is 0.455. The molecule has 1 unspecified atom stereocenters. The number of hydrogen-bond acceptors (Lipinski definition) is 2. The Labute approximate surface area is 156 Å². The Hall–Kier alpha value is -1.91. The summed E-state index contributed by atoms with van der Waals surface area (Å²) in [5.74, 6) is 0.320. The van der Waals surface area contributed by atoms with Crippen molar-refractivity contribution in [2.45, 2.75) is 45.9 Å². The van der Waals surface area contributed by atoms with Crippen LogP contribution < -0.4 is 0 Å². The Morgan fingerprint density at radius 3 is 2.58 bits per heavy atom. The zero-order valence-corrected chi connectivity index (χ0v) is 15.9. The zero-order chi connectivity index (χ0) is 18.9. The lowest BCUT2D eigenvalue weighted by atomic mass is 10.1. The van der Waals surface area contributed by atoms with Crippen molar-refractivity contribution < 1.29 is 9.50 Å². The molecular weight excluding hydrogens is 327 g/mol. The Balaban J connectivity index is 2.04. The van der Waals surface area contributed by atoms with Crippen molar-refractivity contribution in [1.82, 2.24) is 9.47 Å². The van der Waals surface area contributed by atoms with Crippen molar-refractivity contribution in [2.24, 2.45) is 5.92 Å². The highest BCUT2D eigenvalue weighted by Crippen LogP contribution is 2.14. The van der Waals surface area contributed by atoms with Crippen LogP contribution in [-0.2, 0) is 13.1 Å². The fourth-order valence-corrected chi connectivity index (χ4v) is 3.18. The lowest BCUT2D eigenvalue weighted by molar-refractivity contribution is 0.0944. The highest BCUT2D eigenvalue weighted by atomic mass is 19.1. The number of aliphatic hydroxyl groups excluding tert-OH is 1. The zero-order valence-electron chi connectivity index (χ0n) is 15.9. The summed E-state index contributed by atoms with van der Waals surface area (Å²) in [5.41, 5.74) is 2.27. The molecule has 0 saturated carbocycles. The van der Waals surface area contributed by atoms with Crippen LogP contribution in [0.1, 0.15) is 37.9 Å². The molecule has 142 valence electrons. The van der Waals surface area contributed by atoms with Crippen LogP contribution in [0.3, 0.4) is 0 Å². The molecule has 3 nitrogen and oxygen atoms in total. The molecule has 2 rings (SSSR count). The molecular formula is C22H31FN2O. The molecule has 0 aliphatic carbocycles. The molecule has 0 aliphatic rings. The molecule has 0 radical (unpaired) electrons. The van der Waals surface area contributed by atoms with Gasteiger partial charge >= 0.3 is 0 Å². The molecule has 0 spiro atoms. The molecule has 1 aromatic carbocycles. The monoisotopic (exact) mass is 358 g/mol. The Kier molecular flexibility index (Phi) is 8.07. The summed E-state index contributed by atoms with van der Waals surface area (Å²) >= 11 is 0. The van der Waals surface area contributed by atoms with Gasteiger partial charge in [0.15, 0.2) is 0 Å². The van der Waals surface area contributed by atoms with Crippen molar-refractivity contribution in [2.75, 3.05) is 13.1 Å².